The highest BCUT2D eigenvalue weighted by Gasteiger charge is 2.27. The third kappa shape index (κ3) is 9.38. The standard InChI is InChI=1S/C27H40N2O6/c1-4-20(21-10-6-5-7-11-21)16-23(30)18(2)29-27(34)22(17-26(32)33)28-14-8-9-19-12-13-25(35-3)24(31)15-19/h5-7,10,12-13,15,18,20-23,28,30-31H,4,8-9,11,14,16-17H2,1-3H3,(H,29,34)(H,32,33)/t18-,20+,21?,22-,23-/m0/s1. The molecule has 0 fully saturated rings. The Balaban J connectivity index is 1.85. The number of aromatic hydroxyl groups is 1. The van der Waals surface area contributed by atoms with Gasteiger partial charge in [-0.2, -0.15) is 0 Å². The first-order valence-corrected chi connectivity index (χ1v) is 12.4. The van der Waals surface area contributed by atoms with E-state index in [0.717, 1.165) is 18.4 Å². The number of rotatable bonds is 15. The lowest BCUT2D eigenvalue weighted by atomic mass is 9.81. The third-order valence-electron chi connectivity index (χ3n) is 6.61. The van der Waals surface area contributed by atoms with E-state index in [-0.39, 0.29) is 12.2 Å². The van der Waals surface area contributed by atoms with Crippen molar-refractivity contribution in [1.82, 2.24) is 10.6 Å². The second-order valence-corrected chi connectivity index (χ2v) is 9.20. The van der Waals surface area contributed by atoms with E-state index < -0.39 is 30.1 Å². The Hall–Kier alpha value is -2.84. The van der Waals surface area contributed by atoms with Crippen molar-refractivity contribution in [2.75, 3.05) is 13.7 Å². The van der Waals surface area contributed by atoms with Crippen molar-refractivity contribution in [2.45, 2.75) is 70.6 Å². The molecule has 0 aromatic heterocycles. The lowest BCUT2D eigenvalue weighted by molar-refractivity contribution is -0.140. The molecule has 0 heterocycles. The molecule has 5 N–H and O–H groups in total. The number of phenols is 1. The minimum absolute atomic E-state index is 0.0647. The number of hydrogen-bond acceptors (Lipinski definition) is 6. The second kappa shape index (κ2) is 14.5. The van der Waals surface area contributed by atoms with Crippen molar-refractivity contribution in [3.63, 3.8) is 0 Å². The van der Waals surface area contributed by atoms with Crippen molar-refractivity contribution >= 4 is 11.9 Å². The molecule has 35 heavy (non-hydrogen) atoms. The zero-order valence-corrected chi connectivity index (χ0v) is 20.9. The van der Waals surface area contributed by atoms with Crippen LogP contribution in [0.15, 0.2) is 42.5 Å². The number of phenolic OH excluding ortho intramolecular Hbond substituents is 1. The van der Waals surface area contributed by atoms with Gasteiger partial charge in [0.2, 0.25) is 5.91 Å². The Bertz CT molecular complexity index is 884. The summed E-state index contributed by atoms with van der Waals surface area (Å²) in [6.07, 6.45) is 11.0. The summed E-state index contributed by atoms with van der Waals surface area (Å²) in [6.45, 7) is 4.28. The van der Waals surface area contributed by atoms with Crippen molar-refractivity contribution in [3.8, 4) is 11.5 Å². The first-order chi connectivity index (χ1) is 16.7. The molecule has 0 saturated carbocycles. The molecule has 5 atom stereocenters. The molecule has 1 aromatic rings. The van der Waals surface area contributed by atoms with E-state index in [4.69, 9.17) is 4.74 Å². The maximum Gasteiger partial charge on any atom is 0.305 e. The fourth-order valence-electron chi connectivity index (χ4n) is 4.42. The summed E-state index contributed by atoms with van der Waals surface area (Å²) >= 11 is 0. The summed E-state index contributed by atoms with van der Waals surface area (Å²) in [7, 11) is 1.49. The fraction of sp³-hybridized carbons (Fsp3) is 0.556. The molecule has 0 radical (unpaired) electrons. The average Bonchev–Trinajstić information content (AvgIpc) is 2.84. The van der Waals surface area contributed by atoms with Gasteiger partial charge < -0.3 is 30.7 Å². The van der Waals surface area contributed by atoms with E-state index in [0.29, 0.717) is 43.4 Å². The Kier molecular flexibility index (Phi) is 11.8. The van der Waals surface area contributed by atoms with Crippen LogP contribution in [0.4, 0.5) is 0 Å². The van der Waals surface area contributed by atoms with Crippen molar-refractivity contribution in [2.24, 2.45) is 11.8 Å². The molecule has 194 valence electrons. The van der Waals surface area contributed by atoms with Gasteiger partial charge >= 0.3 is 5.97 Å². The van der Waals surface area contributed by atoms with Gasteiger partial charge in [0.05, 0.1) is 31.7 Å². The van der Waals surface area contributed by atoms with Gasteiger partial charge in [0.25, 0.3) is 0 Å². The average molecular weight is 489 g/mol. The summed E-state index contributed by atoms with van der Waals surface area (Å²) in [5.74, 6) is -0.371. The quantitative estimate of drug-likeness (QED) is 0.240. The number of aliphatic carboxylic acids is 1. The van der Waals surface area contributed by atoms with Crippen molar-refractivity contribution in [3.05, 3.63) is 48.1 Å². The number of hydrogen-bond donors (Lipinski definition) is 5. The number of carboxylic acids is 1. The number of amides is 1. The van der Waals surface area contributed by atoms with Gasteiger partial charge in [0.1, 0.15) is 0 Å². The highest BCUT2D eigenvalue weighted by Crippen LogP contribution is 2.29. The molecular formula is C27H40N2O6. The third-order valence-corrected chi connectivity index (χ3v) is 6.61. The lowest BCUT2D eigenvalue weighted by Gasteiger charge is -2.29. The van der Waals surface area contributed by atoms with Crippen molar-refractivity contribution in [1.29, 1.82) is 0 Å². The molecule has 1 unspecified atom stereocenters. The molecule has 1 aromatic carbocycles. The number of carbonyl (C=O) groups excluding carboxylic acids is 1. The highest BCUT2D eigenvalue weighted by molar-refractivity contribution is 5.86. The summed E-state index contributed by atoms with van der Waals surface area (Å²) in [5, 5.41) is 35.7. The number of nitrogens with one attached hydrogen (secondary N) is 2. The second-order valence-electron chi connectivity index (χ2n) is 9.20. The van der Waals surface area contributed by atoms with E-state index in [1.165, 1.54) is 7.11 Å². The molecular weight excluding hydrogens is 448 g/mol. The Morgan fingerprint density at radius 2 is 2.03 bits per heavy atom. The zero-order valence-electron chi connectivity index (χ0n) is 20.9. The van der Waals surface area contributed by atoms with Crippen LogP contribution in [0.5, 0.6) is 11.5 Å². The highest BCUT2D eigenvalue weighted by atomic mass is 16.5. The number of carboxylic acid groups (broad SMARTS) is 1. The molecule has 1 amide bonds. The summed E-state index contributed by atoms with van der Waals surface area (Å²) in [5.41, 5.74) is 0.912. The molecule has 0 bridgehead atoms. The van der Waals surface area contributed by atoms with Crippen LogP contribution in [0.2, 0.25) is 0 Å². The first kappa shape index (κ1) is 28.4. The predicted molar refractivity (Wildman–Crippen MR) is 135 cm³/mol. The van der Waals surface area contributed by atoms with E-state index in [9.17, 15) is 24.9 Å². The Labute approximate surface area is 208 Å². The minimum atomic E-state index is -1.07. The van der Waals surface area contributed by atoms with Crippen LogP contribution in [0.1, 0.15) is 51.5 Å². The number of methoxy groups -OCH3 is 1. The van der Waals surface area contributed by atoms with Gasteiger partial charge in [-0.15, -0.1) is 0 Å². The SMILES string of the molecule is CC[C@H](C[C@H](O)[C@H](C)NC(=O)[C@H](CC(=O)O)NCCCc1ccc(OC)c(O)c1)C1C=CC=CC1. The van der Waals surface area contributed by atoms with Gasteiger partial charge in [-0.3, -0.25) is 9.59 Å². The van der Waals surface area contributed by atoms with E-state index in [1.807, 2.05) is 18.2 Å². The number of aryl methyl sites for hydroxylation is 1. The number of carbonyl (C=O) groups is 2. The smallest absolute Gasteiger partial charge is 0.305 e. The van der Waals surface area contributed by atoms with E-state index in [2.05, 4.69) is 29.7 Å². The molecule has 0 saturated heterocycles. The lowest BCUT2D eigenvalue weighted by Crippen LogP contribution is -2.51. The van der Waals surface area contributed by atoms with Gasteiger partial charge in [0.15, 0.2) is 11.5 Å². The normalized spacial score (nSPS) is 18.5. The Morgan fingerprint density at radius 1 is 1.26 bits per heavy atom. The topological polar surface area (TPSA) is 128 Å². The molecule has 1 aliphatic carbocycles. The van der Waals surface area contributed by atoms with Crippen LogP contribution >= 0.6 is 0 Å². The van der Waals surface area contributed by atoms with E-state index >= 15 is 0 Å². The van der Waals surface area contributed by atoms with Crippen LogP contribution in [0.3, 0.4) is 0 Å². The van der Waals surface area contributed by atoms with Gasteiger partial charge in [-0.1, -0.05) is 43.7 Å². The predicted octanol–water partition coefficient (Wildman–Crippen LogP) is 3.18. The number of ether oxygens (including phenoxy) is 1. The number of aliphatic hydroxyl groups is 1. The minimum Gasteiger partial charge on any atom is -0.504 e. The molecule has 0 aliphatic heterocycles. The maximum absolute atomic E-state index is 12.8. The van der Waals surface area contributed by atoms with Crippen LogP contribution in [0.25, 0.3) is 0 Å². The summed E-state index contributed by atoms with van der Waals surface area (Å²) in [4.78, 5) is 24.1. The molecule has 8 heteroatoms. The van der Waals surface area contributed by atoms with E-state index in [1.54, 1.807) is 19.1 Å². The maximum atomic E-state index is 12.8. The van der Waals surface area contributed by atoms with Crippen LogP contribution in [-0.4, -0.2) is 59.0 Å². The number of allylic oxidation sites excluding steroid dienone is 4. The van der Waals surface area contributed by atoms with Crippen molar-refractivity contribution < 1.29 is 29.6 Å². The van der Waals surface area contributed by atoms with Gasteiger partial charge in [-0.25, -0.2) is 0 Å². The molecule has 0 spiro atoms. The van der Waals surface area contributed by atoms with Gasteiger partial charge in [0, 0.05) is 0 Å². The fourth-order valence-corrected chi connectivity index (χ4v) is 4.42. The van der Waals surface area contributed by atoms with Gasteiger partial charge in [-0.05, 0) is 68.7 Å². The largest absolute Gasteiger partial charge is 0.504 e. The molecule has 8 nitrogen and oxygen atoms in total. The summed E-state index contributed by atoms with van der Waals surface area (Å²) in [6, 6.07) is 3.77. The molecule has 2 rings (SSSR count). The Morgan fingerprint density at radius 3 is 2.63 bits per heavy atom. The van der Waals surface area contributed by atoms with Crippen LogP contribution in [0, 0.1) is 11.8 Å². The van der Waals surface area contributed by atoms with Crippen LogP contribution < -0.4 is 15.4 Å². The zero-order chi connectivity index (χ0) is 25.8. The van der Waals surface area contributed by atoms with Crippen LogP contribution in [-0.2, 0) is 16.0 Å². The number of aliphatic hydroxyl groups excluding tert-OH is 1. The first-order valence-electron chi connectivity index (χ1n) is 12.4. The number of benzene rings is 1. The monoisotopic (exact) mass is 488 g/mol. The summed E-state index contributed by atoms with van der Waals surface area (Å²) < 4.78 is 5.04. The molecule has 1 aliphatic rings.